The highest BCUT2D eigenvalue weighted by atomic mass is 16.5. The van der Waals surface area contributed by atoms with Crippen LogP contribution in [-0.2, 0) is 4.74 Å². The largest absolute Gasteiger partial charge is 0.460 e. The molecule has 1 aromatic heterocycles. The van der Waals surface area contributed by atoms with E-state index in [2.05, 4.69) is 17.2 Å². The van der Waals surface area contributed by atoms with Crippen molar-refractivity contribution in [1.82, 2.24) is 10.3 Å². The Kier molecular flexibility index (Phi) is 5.10. The number of esters is 1. The minimum Gasteiger partial charge on any atom is -0.460 e. The van der Waals surface area contributed by atoms with Crippen molar-refractivity contribution in [2.45, 2.75) is 32.7 Å². The lowest BCUT2D eigenvalue weighted by atomic mass is 10.1. The van der Waals surface area contributed by atoms with Gasteiger partial charge in [-0.1, -0.05) is 6.92 Å². The lowest BCUT2D eigenvalue weighted by Gasteiger charge is -2.25. The number of nitrogens with one attached hydrogen (secondary N) is 1. The molecule has 0 radical (unpaired) electrons. The Morgan fingerprint density at radius 1 is 1.53 bits per heavy atom. The summed E-state index contributed by atoms with van der Waals surface area (Å²) in [5.41, 5.74) is 0.284. The number of carbonyl (C=O) groups excluding carboxylic acids is 1. The molecule has 1 aromatic rings. The molecule has 0 fully saturated rings. The first-order chi connectivity index (χ1) is 8.05. The van der Waals surface area contributed by atoms with Gasteiger partial charge in [0.2, 0.25) is 0 Å². The summed E-state index contributed by atoms with van der Waals surface area (Å²) < 4.78 is 5.25. The van der Waals surface area contributed by atoms with Crippen LogP contribution in [0.25, 0.3) is 0 Å². The second kappa shape index (κ2) is 6.35. The molecule has 0 aliphatic carbocycles. The second-order valence-electron chi connectivity index (χ2n) is 4.63. The molecule has 1 heterocycles. The average Bonchev–Trinajstić information content (AvgIpc) is 2.35. The molecule has 0 aromatic carbocycles. The zero-order valence-electron chi connectivity index (χ0n) is 10.7. The molecule has 94 valence electrons. The van der Waals surface area contributed by atoms with E-state index in [1.165, 1.54) is 6.20 Å². The molecule has 0 aliphatic rings. The fourth-order valence-corrected chi connectivity index (χ4v) is 1.33. The minimum absolute atomic E-state index is 0.201. The second-order valence-corrected chi connectivity index (χ2v) is 4.63. The Balaban J connectivity index is 2.43. The molecule has 0 spiro atoms. The van der Waals surface area contributed by atoms with Gasteiger partial charge in [-0.15, -0.1) is 0 Å². The van der Waals surface area contributed by atoms with Gasteiger partial charge in [0, 0.05) is 17.9 Å². The first-order valence-corrected chi connectivity index (χ1v) is 5.87. The Bertz CT molecular complexity index is 350. The van der Waals surface area contributed by atoms with Crippen LogP contribution < -0.4 is 5.32 Å². The Morgan fingerprint density at radius 3 is 2.88 bits per heavy atom. The van der Waals surface area contributed by atoms with Crippen LogP contribution in [-0.4, -0.2) is 29.6 Å². The summed E-state index contributed by atoms with van der Waals surface area (Å²) in [4.78, 5) is 15.6. The SMILES string of the molecule is CCCNC(C)(C)COC(=O)c1cccnc1. The third kappa shape index (κ3) is 4.95. The lowest BCUT2D eigenvalue weighted by molar-refractivity contribution is 0.0400. The van der Waals surface area contributed by atoms with E-state index in [0.29, 0.717) is 12.2 Å². The van der Waals surface area contributed by atoms with Gasteiger partial charge in [0.15, 0.2) is 0 Å². The summed E-state index contributed by atoms with van der Waals surface area (Å²) in [5.74, 6) is -0.329. The first-order valence-electron chi connectivity index (χ1n) is 5.87. The smallest absolute Gasteiger partial charge is 0.339 e. The standard InChI is InChI=1S/C13H20N2O2/c1-4-7-15-13(2,3)10-17-12(16)11-6-5-8-14-9-11/h5-6,8-9,15H,4,7,10H2,1-3H3. The number of hydrogen-bond acceptors (Lipinski definition) is 4. The molecule has 0 aliphatic heterocycles. The fraction of sp³-hybridized carbons (Fsp3) is 0.538. The predicted molar refractivity (Wildman–Crippen MR) is 66.9 cm³/mol. The average molecular weight is 236 g/mol. The van der Waals surface area contributed by atoms with E-state index in [4.69, 9.17) is 4.74 Å². The Hall–Kier alpha value is -1.42. The van der Waals surface area contributed by atoms with Gasteiger partial charge in [0.05, 0.1) is 5.56 Å². The van der Waals surface area contributed by atoms with E-state index in [0.717, 1.165) is 13.0 Å². The molecule has 0 bridgehead atoms. The molecule has 0 atom stereocenters. The highest BCUT2D eigenvalue weighted by Gasteiger charge is 2.19. The van der Waals surface area contributed by atoms with Crippen LogP contribution in [0, 0.1) is 0 Å². The van der Waals surface area contributed by atoms with Crippen LogP contribution in [0.4, 0.5) is 0 Å². The van der Waals surface area contributed by atoms with Gasteiger partial charge in [-0.25, -0.2) is 4.79 Å². The van der Waals surface area contributed by atoms with Crippen LogP contribution in [0.2, 0.25) is 0 Å². The van der Waals surface area contributed by atoms with E-state index < -0.39 is 0 Å². The molecular weight excluding hydrogens is 216 g/mol. The molecule has 1 rings (SSSR count). The number of pyridine rings is 1. The van der Waals surface area contributed by atoms with Crippen LogP contribution in [0.5, 0.6) is 0 Å². The normalized spacial score (nSPS) is 11.2. The van der Waals surface area contributed by atoms with Crippen molar-refractivity contribution in [2.24, 2.45) is 0 Å². The molecular formula is C13H20N2O2. The maximum Gasteiger partial charge on any atom is 0.339 e. The van der Waals surface area contributed by atoms with Crippen molar-refractivity contribution in [1.29, 1.82) is 0 Å². The molecule has 0 amide bonds. The summed E-state index contributed by atoms with van der Waals surface area (Å²) >= 11 is 0. The van der Waals surface area contributed by atoms with Crippen molar-refractivity contribution in [3.63, 3.8) is 0 Å². The molecule has 4 nitrogen and oxygen atoms in total. The van der Waals surface area contributed by atoms with Crippen LogP contribution >= 0.6 is 0 Å². The van der Waals surface area contributed by atoms with Gasteiger partial charge in [0.1, 0.15) is 6.61 Å². The molecule has 4 heteroatoms. The van der Waals surface area contributed by atoms with Crippen molar-refractivity contribution in [3.05, 3.63) is 30.1 Å². The molecule has 0 unspecified atom stereocenters. The first kappa shape index (κ1) is 13.6. The highest BCUT2D eigenvalue weighted by Crippen LogP contribution is 2.06. The van der Waals surface area contributed by atoms with Crippen molar-refractivity contribution in [2.75, 3.05) is 13.2 Å². The molecule has 17 heavy (non-hydrogen) atoms. The third-order valence-corrected chi connectivity index (χ3v) is 2.31. The van der Waals surface area contributed by atoms with Crippen molar-refractivity contribution in [3.8, 4) is 0 Å². The van der Waals surface area contributed by atoms with E-state index in [1.807, 2.05) is 13.8 Å². The molecule has 1 N–H and O–H groups in total. The predicted octanol–water partition coefficient (Wildman–Crippen LogP) is 2.02. The number of aromatic nitrogens is 1. The van der Waals surface area contributed by atoms with Gasteiger partial charge >= 0.3 is 5.97 Å². The van der Waals surface area contributed by atoms with E-state index in [-0.39, 0.29) is 11.5 Å². The number of ether oxygens (including phenoxy) is 1. The van der Waals surface area contributed by atoms with Gasteiger partial charge < -0.3 is 10.1 Å². The summed E-state index contributed by atoms with van der Waals surface area (Å²) in [6.45, 7) is 7.39. The summed E-state index contributed by atoms with van der Waals surface area (Å²) in [5, 5.41) is 3.32. The Morgan fingerprint density at radius 2 is 2.29 bits per heavy atom. The number of rotatable bonds is 6. The zero-order valence-corrected chi connectivity index (χ0v) is 10.7. The number of nitrogens with zero attached hydrogens (tertiary/aromatic N) is 1. The van der Waals surface area contributed by atoms with Crippen molar-refractivity contribution >= 4 is 5.97 Å². The highest BCUT2D eigenvalue weighted by molar-refractivity contribution is 5.88. The van der Waals surface area contributed by atoms with E-state index in [1.54, 1.807) is 18.3 Å². The lowest BCUT2D eigenvalue weighted by Crippen LogP contribution is -2.44. The van der Waals surface area contributed by atoms with Gasteiger partial charge in [0.25, 0.3) is 0 Å². The maximum atomic E-state index is 11.7. The topological polar surface area (TPSA) is 51.2 Å². The fourth-order valence-electron chi connectivity index (χ4n) is 1.33. The summed E-state index contributed by atoms with van der Waals surface area (Å²) in [7, 11) is 0. The summed E-state index contributed by atoms with van der Waals surface area (Å²) in [6, 6.07) is 3.42. The van der Waals surface area contributed by atoms with E-state index >= 15 is 0 Å². The zero-order chi connectivity index (χ0) is 12.7. The maximum absolute atomic E-state index is 11.7. The van der Waals surface area contributed by atoms with Gasteiger partial charge in [-0.3, -0.25) is 4.98 Å². The van der Waals surface area contributed by atoms with E-state index in [9.17, 15) is 4.79 Å². The van der Waals surface area contributed by atoms with Crippen LogP contribution in [0.1, 0.15) is 37.6 Å². The quantitative estimate of drug-likeness (QED) is 0.768. The number of hydrogen-bond donors (Lipinski definition) is 1. The minimum atomic E-state index is -0.329. The molecule has 0 saturated carbocycles. The monoisotopic (exact) mass is 236 g/mol. The van der Waals surface area contributed by atoms with Gasteiger partial charge in [-0.2, -0.15) is 0 Å². The number of carbonyl (C=O) groups is 1. The van der Waals surface area contributed by atoms with Crippen LogP contribution in [0.15, 0.2) is 24.5 Å². The van der Waals surface area contributed by atoms with Crippen molar-refractivity contribution < 1.29 is 9.53 Å². The van der Waals surface area contributed by atoms with Crippen LogP contribution in [0.3, 0.4) is 0 Å². The Labute approximate surface area is 102 Å². The van der Waals surface area contributed by atoms with Gasteiger partial charge in [-0.05, 0) is 38.9 Å². The third-order valence-electron chi connectivity index (χ3n) is 2.31. The summed E-state index contributed by atoms with van der Waals surface area (Å²) in [6.07, 6.45) is 4.19. The molecule has 0 saturated heterocycles.